The van der Waals surface area contributed by atoms with Crippen LogP contribution in [0.15, 0.2) is 55.2 Å². The van der Waals surface area contributed by atoms with Crippen LogP contribution in [0.1, 0.15) is 43.3 Å². The molecular formula is C23H27FN6O. The Hall–Kier alpha value is -3.13. The molecule has 1 saturated carbocycles. The van der Waals surface area contributed by atoms with Gasteiger partial charge in [0, 0.05) is 24.0 Å². The van der Waals surface area contributed by atoms with E-state index in [0.717, 1.165) is 36.9 Å². The first-order valence-corrected chi connectivity index (χ1v) is 10.5. The molecule has 2 aromatic heterocycles. The summed E-state index contributed by atoms with van der Waals surface area (Å²) in [7, 11) is 3.66. The number of likely N-dealkylation sites (N-methyl/N-ethyl adjacent to an activating group) is 1. The van der Waals surface area contributed by atoms with Crippen LogP contribution in [-0.2, 0) is 4.79 Å². The minimum atomic E-state index is -0.519. The average molecular weight is 423 g/mol. The van der Waals surface area contributed by atoms with Crippen LogP contribution in [0.2, 0.25) is 0 Å². The molecule has 0 aliphatic heterocycles. The molecule has 0 bridgehead atoms. The summed E-state index contributed by atoms with van der Waals surface area (Å²) in [6, 6.07) is 8.00. The summed E-state index contributed by atoms with van der Waals surface area (Å²) < 4.78 is 15.7. The smallest absolute Gasteiger partial charge is 0.242 e. The van der Waals surface area contributed by atoms with Crippen molar-refractivity contribution in [1.82, 2.24) is 30.0 Å². The van der Waals surface area contributed by atoms with Crippen LogP contribution < -0.4 is 5.32 Å². The number of hydrogen-bond donors (Lipinski definition) is 1. The maximum Gasteiger partial charge on any atom is 0.242 e. The molecule has 1 unspecified atom stereocenters. The van der Waals surface area contributed by atoms with Gasteiger partial charge in [-0.1, -0.05) is 12.1 Å². The molecule has 2 heterocycles. The lowest BCUT2D eigenvalue weighted by atomic mass is 9.90. The van der Waals surface area contributed by atoms with Crippen molar-refractivity contribution < 1.29 is 9.18 Å². The van der Waals surface area contributed by atoms with Crippen molar-refractivity contribution in [2.75, 3.05) is 14.1 Å². The topological polar surface area (TPSA) is 75.9 Å². The molecule has 8 heteroatoms. The van der Waals surface area contributed by atoms with Gasteiger partial charge in [0.2, 0.25) is 5.91 Å². The zero-order valence-electron chi connectivity index (χ0n) is 17.8. The number of amides is 1. The second-order valence-electron chi connectivity index (χ2n) is 8.24. The number of hydrogen-bond acceptors (Lipinski definition) is 5. The number of rotatable bonds is 6. The van der Waals surface area contributed by atoms with Gasteiger partial charge in [-0.05, 0) is 63.5 Å². The molecule has 0 saturated heterocycles. The fourth-order valence-corrected chi connectivity index (χ4v) is 4.26. The van der Waals surface area contributed by atoms with Gasteiger partial charge in [-0.2, -0.15) is 5.10 Å². The van der Waals surface area contributed by atoms with Crippen molar-refractivity contribution in [3.8, 4) is 11.3 Å². The second-order valence-corrected chi connectivity index (χ2v) is 8.24. The molecule has 1 aliphatic carbocycles. The van der Waals surface area contributed by atoms with Crippen molar-refractivity contribution in [3.63, 3.8) is 0 Å². The Morgan fingerprint density at radius 1 is 1.23 bits per heavy atom. The number of aromatic nitrogens is 4. The van der Waals surface area contributed by atoms with Gasteiger partial charge in [0.1, 0.15) is 18.2 Å². The molecule has 4 rings (SSSR count). The second kappa shape index (κ2) is 9.34. The van der Waals surface area contributed by atoms with Crippen LogP contribution in [0.4, 0.5) is 4.39 Å². The fourth-order valence-electron chi connectivity index (χ4n) is 4.26. The van der Waals surface area contributed by atoms with E-state index in [1.807, 2.05) is 42.1 Å². The Balaban J connectivity index is 1.35. The van der Waals surface area contributed by atoms with Gasteiger partial charge >= 0.3 is 0 Å². The van der Waals surface area contributed by atoms with E-state index in [-0.39, 0.29) is 17.8 Å². The van der Waals surface area contributed by atoms with E-state index in [2.05, 4.69) is 20.4 Å². The van der Waals surface area contributed by atoms with Crippen molar-refractivity contribution in [1.29, 1.82) is 0 Å². The highest BCUT2D eigenvalue weighted by molar-refractivity contribution is 5.83. The van der Waals surface area contributed by atoms with Crippen LogP contribution in [0, 0.1) is 5.82 Å². The lowest BCUT2D eigenvalue weighted by Gasteiger charge is -2.31. The van der Waals surface area contributed by atoms with E-state index in [9.17, 15) is 9.18 Å². The van der Waals surface area contributed by atoms with Gasteiger partial charge in [0.05, 0.1) is 17.9 Å². The van der Waals surface area contributed by atoms with Gasteiger partial charge in [0.25, 0.3) is 0 Å². The quantitative estimate of drug-likeness (QED) is 0.659. The Labute approximate surface area is 181 Å². The first-order chi connectivity index (χ1) is 15.0. The highest BCUT2D eigenvalue weighted by Gasteiger charge is 2.28. The Bertz CT molecular complexity index is 1010. The van der Waals surface area contributed by atoms with Gasteiger partial charge in [-0.15, -0.1) is 0 Å². The third kappa shape index (κ3) is 4.96. The zero-order chi connectivity index (χ0) is 21.8. The molecule has 0 spiro atoms. The highest BCUT2D eigenvalue weighted by atomic mass is 19.1. The lowest BCUT2D eigenvalue weighted by molar-refractivity contribution is -0.126. The van der Waals surface area contributed by atoms with Crippen LogP contribution in [0.25, 0.3) is 11.3 Å². The largest absolute Gasteiger partial charge is 0.352 e. The summed E-state index contributed by atoms with van der Waals surface area (Å²) in [6.45, 7) is 0. The molecule has 1 N–H and O–H groups in total. The number of carbonyl (C=O) groups is 1. The van der Waals surface area contributed by atoms with Crippen LogP contribution in [-0.4, -0.2) is 50.7 Å². The molecule has 1 atom stereocenters. The normalized spacial score (nSPS) is 19.9. The minimum Gasteiger partial charge on any atom is -0.352 e. The summed E-state index contributed by atoms with van der Waals surface area (Å²) in [5.41, 5.74) is 2.49. The van der Waals surface area contributed by atoms with E-state index in [1.54, 1.807) is 18.3 Å². The number of carbonyl (C=O) groups excluding carboxylic acids is 1. The number of nitrogens with one attached hydrogen (secondary N) is 1. The molecule has 31 heavy (non-hydrogen) atoms. The summed E-state index contributed by atoms with van der Waals surface area (Å²) in [4.78, 5) is 23.0. The van der Waals surface area contributed by atoms with Crippen LogP contribution in [0.3, 0.4) is 0 Å². The molecule has 7 nitrogen and oxygen atoms in total. The Kier molecular flexibility index (Phi) is 6.36. The lowest BCUT2D eigenvalue weighted by Crippen LogP contribution is -2.44. The monoisotopic (exact) mass is 422 g/mol. The molecule has 162 valence electrons. The number of nitrogens with zero attached hydrogens (tertiary/aromatic N) is 5. The van der Waals surface area contributed by atoms with E-state index >= 15 is 0 Å². The van der Waals surface area contributed by atoms with Gasteiger partial charge in [-0.25, -0.2) is 14.4 Å². The SMILES string of the molecule is CN(C)C(C(=O)NC1CCC(n2cc(-c3ccncn3)cn2)CC1)c1cccc(F)c1. The highest BCUT2D eigenvalue weighted by Crippen LogP contribution is 2.30. The predicted molar refractivity (Wildman–Crippen MR) is 116 cm³/mol. The van der Waals surface area contributed by atoms with Crippen molar-refractivity contribution in [2.24, 2.45) is 0 Å². The van der Waals surface area contributed by atoms with Crippen molar-refractivity contribution in [2.45, 2.75) is 43.8 Å². The fraction of sp³-hybridized carbons (Fsp3) is 0.391. The van der Waals surface area contributed by atoms with Crippen molar-refractivity contribution >= 4 is 5.91 Å². The summed E-state index contributed by atoms with van der Waals surface area (Å²) in [5.74, 6) is -0.428. The summed E-state index contributed by atoms with van der Waals surface area (Å²) in [6.07, 6.45) is 10.7. The summed E-state index contributed by atoms with van der Waals surface area (Å²) in [5, 5.41) is 7.70. The first kappa shape index (κ1) is 21.1. The van der Waals surface area contributed by atoms with Crippen molar-refractivity contribution in [3.05, 3.63) is 66.6 Å². The maximum absolute atomic E-state index is 13.7. The average Bonchev–Trinajstić information content (AvgIpc) is 3.25. The van der Waals surface area contributed by atoms with Gasteiger partial charge < -0.3 is 5.32 Å². The maximum atomic E-state index is 13.7. The Morgan fingerprint density at radius 3 is 2.71 bits per heavy atom. The van der Waals surface area contributed by atoms with Crippen LogP contribution in [0.5, 0.6) is 0 Å². The predicted octanol–water partition coefficient (Wildman–Crippen LogP) is 3.38. The molecule has 1 amide bonds. The molecule has 1 aromatic carbocycles. The Morgan fingerprint density at radius 2 is 2.03 bits per heavy atom. The van der Waals surface area contributed by atoms with Gasteiger partial charge in [-0.3, -0.25) is 14.4 Å². The molecule has 3 aromatic rings. The molecule has 1 fully saturated rings. The number of halogens is 1. The number of benzene rings is 1. The standard InChI is InChI=1S/C23H27FN6O/c1-29(2)22(16-4-3-5-18(24)12-16)23(31)28-19-6-8-20(9-7-19)30-14-17(13-27-30)21-10-11-25-15-26-21/h3-5,10-15,19-20,22H,6-9H2,1-2H3,(H,28,31). The molecule has 1 aliphatic rings. The van der Waals surface area contributed by atoms with Gasteiger partial charge in [0.15, 0.2) is 0 Å². The molecule has 0 radical (unpaired) electrons. The first-order valence-electron chi connectivity index (χ1n) is 10.5. The third-order valence-corrected chi connectivity index (χ3v) is 5.83. The van der Waals surface area contributed by atoms with E-state index in [1.165, 1.54) is 18.5 Å². The third-order valence-electron chi connectivity index (χ3n) is 5.83. The minimum absolute atomic E-state index is 0.0933. The summed E-state index contributed by atoms with van der Waals surface area (Å²) >= 11 is 0. The van der Waals surface area contributed by atoms with E-state index in [4.69, 9.17) is 0 Å². The van der Waals surface area contributed by atoms with E-state index in [0.29, 0.717) is 11.6 Å². The van der Waals surface area contributed by atoms with E-state index < -0.39 is 6.04 Å². The van der Waals surface area contributed by atoms with Crippen LogP contribution >= 0.6 is 0 Å². The zero-order valence-corrected chi connectivity index (χ0v) is 17.8. The molecular weight excluding hydrogens is 395 g/mol.